The van der Waals surface area contributed by atoms with Gasteiger partial charge in [-0.2, -0.15) is 0 Å². The molecule has 2 nitrogen and oxygen atoms in total. The maximum absolute atomic E-state index is 2.16. The van der Waals surface area contributed by atoms with E-state index in [0.717, 1.165) is 0 Å². The highest BCUT2D eigenvalue weighted by molar-refractivity contribution is 5.67. The van der Waals surface area contributed by atoms with Crippen LogP contribution in [0.25, 0.3) is 5.70 Å². The molecule has 0 amide bonds. The van der Waals surface area contributed by atoms with E-state index in [-0.39, 0.29) is 0 Å². The van der Waals surface area contributed by atoms with Crippen LogP contribution in [0.2, 0.25) is 0 Å². The molecule has 0 radical (unpaired) electrons. The molecule has 0 aliphatic rings. The Morgan fingerprint density at radius 2 is 2.06 bits per heavy atom. The minimum absolute atomic E-state index is 1.22. The van der Waals surface area contributed by atoms with Crippen LogP contribution in [-0.4, -0.2) is 4.57 Å². The van der Waals surface area contributed by atoms with Gasteiger partial charge in [-0.15, -0.1) is 0 Å². The summed E-state index contributed by atoms with van der Waals surface area (Å²) in [6, 6.07) is 8.45. The van der Waals surface area contributed by atoms with Crippen LogP contribution in [-0.2, 0) is 7.05 Å². The van der Waals surface area contributed by atoms with Gasteiger partial charge in [0, 0.05) is 5.56 Å². The first-order chi connectivity index (χ1) is 7.72. The van der Waals surface area contributed by atoms with E-state index >= 15 is 0 Å². The van der Waals surface area contributed by atoms with Crippen molar-refractivity contribution in [2.24, 2.45) is 7.05 Å². The predicted molar refractivity (Wildman–Crippen MR) is 65.8 cm³/mol. The maximum atomic E-state index is 2.16. The fraction of sp³-hybridized carbons (Fsp3) is 0.214. The van der Waals surface area contributed by atoms with Gasteiger partial charge in [-0.05, 0) is 25.5 Å². The molecule has 1 aromatic heterocycles. The third-order valence-corrected chi connectivity index (χ3v) is 2.74. The van der Waals surface area contributed by atoms with Gasteiger partial charge >= 0.3 is 0 Å². The van der Waals surface area contributed by atoms with E-state index < -0.39 is 0 Å². The van der Waals surface area contributed by atoms with Crippen molar-refractivity contribution in [3.63, 3.8) is 0 Å². The minimum Gasteiger partial charge on any atom is -0.239 e. The predicted octanol–water partition coefficient (Wildman–Crippen LogP) is 2.53. The van der Waals surface area contributed by atoms with E-state index in [4.69, 9.17) is 0 Å². The molecule has 0 aliphatic heterocycles. The maximum Gasteiger partial charge on any atom is 0.248 e. The number of aryl methyl sites for hydroxylation is 2. The lowest BCUT2D eigenvalue weighted by atomic mass is 10.1. The lowest BCUT2D eigenvalue weighted by Gasteiger charge is -2.05. The standard InChI is InChI=1S/C14H17N2/c1-4-14(16-10-9-15(3)11-16)13-8-6-5-7-12(13)2/h4-11H,1-3H3/q+1/b14-4-. The van der Waals surface area contributed by atoms with Gasteiger partial charge in [0.1, 0.15) is 18.1 Å². The highest BCUT2D eigenvalue weighted by atomic mass is 15.1. The average molecular weight is 213 g/mol. The third-order valence-electron chi connectivity index (χ3n) is 2.74. The summed E-state index contributed by atoms with van der Waals surface area (Å²) in [6.07, 6.45) is 8.33. The Bertz CT molecular complexity index is 521. The van der Waals surface area contributed by atoms with Gasteiger partial charge < -0.3 is 0 Å². The summed E-state index contributed by atoms with van der Waals surface area (Å²) in [7, 11) is 2.03. The Hall–Kier alpha value is -1.83. The highest BCUT2D eigenvalue weighted by Crippen LogP contribution is 2.19. The van der Waals surface area contributed by atoms with Crippen molar-refractivity contribution < 1.29 is 4.57 Å². The van der Waals surface area contributed by atoms with E-state index in [0.29, 0.717) is 0 Å². The molecular weight excluding hydrogens is 196 g/mol. The van der Waals surface area contributed by atoms with E-state index in [1.807, 2.05) is 17.8 Å². The Morgan fingerprint density at radius 3 is 2.62 bits per heavy atom. The van der Waals surface area contributed by atoms with Crippen molar-refractivity contribution in [1.82, 2.24) is 4.57 Å². The molecule has 2 aromatic rings. The number of benzene rings is 1. The molecule has 0 fully saturated rings. The Balaban J connectivity index is 2.50. The molecule has 0 N–H and O–H groups in total. The SMILES string of the molecule is C/C=C(/c1ccccc1C)n1cc[n+](C)c1. The summed E-state index contributed by atoms with van der Waals surface area (Å²) >= 11 is 0. The quantitative estimate of drug-likeness (QED) is 0.678. The van der Waals surface area contributed by atoms with E-state index in [1.165, 1.54) is 16.8 Å². The smallest absolute Gasteiger partial charge is 0.239 e. The number of hydrogen-bond donors (Lipinski definition) is 0. The zero-order valence-electron chi connectivity index (χ0n) is 10.0. The zero-order valence-corrected chi connectivity index (χ0v) is 10.0. The first kappa shape index (κ1) is 10.7. The fourth-order valence-electron chi connectivity index (χ4n) is 1.90. The van der Waals surface area contributed by atoms with E-state index in [9.17, 15) is 0 Å². The molecule has 0 atom stereocenters. The molecule has 1 heterocycles. The highest BCUT2D eigenvalue weighted by Gasteiger charge is 2.11. The molecule has 0 bridgehead atoms. The van der Waals surface area contributed by atoms with Crippen LogP contribution in [0.5, 0.6) is 0 Å². The molecule has 1 aromatic carbocycles. The number of allylic oxidation sites excluding steroid dienone is 1. The van der Waals surface area contributed by atoms with Gasteiger partial charge in [0.05, 0.1) is 7.05 Å². The van der Waals surface area contributed by atoms with Gasteiger partial charge in [-0.25, -0.2) is 9.13 Å². The molecule has 0 aliphatic carbocycles. The summed E-state index contributed by atoms with van der Waals surface area (Å²) in [5.41, 5.74) is 3.80. The summed E-state index contributed by atoms with van der Waals surface area (Å²) in [5, 5.41) is 0. The van der Waals surface area contributed by atoms with E-state index in [1.54, 1.807) is 0 Å². The molecule has 0 saturated carbocycles. The zero-order chi connectivity index (χ0) is 11.5. The van der Waals surface area contributed by atoms with Crippen LogP contribution in [0.4, 0.5) is 0 Å². The number of nitrogens with zero attached hydrogens (tertiary/aromatic N) is 2. The van der Waals surface area contributed by atoms with Crippen molar-refractivity contribution in [1.29, 1.82) is 0 Å². The third kappa shape index (κ3) is 1.91. The summed E-state index contributed by atoms with van der Waals surface area (Å²) in [6.45, 7) is 4.21. The topological polar surface area (TPSA) is 8.81 Å². The van der Waals surface area contributed by atoms with Gasteiger partial charge in [0.2, 0.25) is 6.33 Å². The molecule has 0 unspecified atom stereocenters. The van der Waals surface area contributed by atoms with Crippen LogP contribution >= 0.6 is 0 Å². The Morgan fingerprint density at radius 1 is 1.31 bits per heavy atom. The van der Waals surface area contributed by atoms with Crippen LogP contribution in [0, 0.1) is 6.92 Å². The van der Waals surface area contributed by atoms with Crippen LogP contribution < -0.4 is 4.57 Å². The van der Waals surface area contributed by atoms with Gasteiger partial charge in [-0.1, -0.05) is 24.3 Å². The fourth-order valence-corrected chi connectivity index (χ4v) is 1.90. The number of rotatable bonds is 2. The molecule has 2 heteroatoms. The number of aromatic nitrogens is 2. The van der Waals surface area contributed by atoms with Crippen molar-refractivity contribution in [2.75, 3.05) is 0 Å². The number of imidazole rings is 1. The largest absolute Gasteiger partial charge is 0.248 e. The lowest BCUT2D eigenvalue weighted by molar-refractivity contribution is -0.670. The second-order valence-corrected chi connectivity index (χ2v) is 3.98. The average Bonchev–Trinajstić information content (AvgIpc) is 2.69. The van der Waals surface area contributed by atoms with Crippen molar-refractivity contribution >= 4 is 5.70 Å². The van der Waals surface area contributed by atoms with Crippen molar-refractivity contribution in [2.45, 2.75) is 13.8 Å². The monoisotopic (exact) mass is 213 g/mol. The summed E-state index contributed by atoms with van der Waals surface area (Å²) < 4.78 is 4.18. The van der Waals surface area contributed by atoms with Gasteiger partial charge in [0.15, 0.2) is 0 Å². The van der Waals surface area contributed by atoms with Gasteiger partial charge in [0.25, 0.3) is 0 Å². The first-order valence-electron chi connectivity index (χ1n) is 5.48. The summed E-state index contributed by atoms with van der Waals surface area (Å²) in [4.78, 5) is 0. The summed E-state index contributed by atoms with van der Waals surface area (Å²) in [5.74, 6) is 0. The van der Waals surface area contributed by atoms with Crippen LogP contribution in [0.1, 0.15) is 18.1 Å². The Labute approximate surface area is 96.5 Å². The van der Waals surface area contributed by atoms with Crippen LogP contribution in [0.15, 0.2) is 49.1 Å². The van der Waals surface area contributed by atoms with E-state index in [2.05, 4.69) is 61.3 Å². The van der Waals surface area contributed by atoms with Gasteiger partial charge in [-0.3, -0.25) is 0 Å². The van der Waals surface area contributed by atoms with Crippen molar-refractivity contribution in [3.8, 4) is 0 Å². The number of hydrogen-bond acceptors (Lipinski definition) is 0. The molecule has 0 spiro atoms. The molecule has 16 heavy (non-hydrogen) atoms. The second-order valence-electron chi connectivity index (χ2n) is 3.98. The first-order valence-corrected chi connectivity index (χ1v) is 5.48. The normalized spacial score (nSPS) is 11.8. The van der Waals surface area contributed by atoms with Crippen LogP contribution in [0.3, 0.4) is 0 Å². The van der Waals surface area contributed by atoms with Crippen molar-refractivity contribution in [3.05, 3.63) is 60.2 Å². The molecular formula is C14H17N2+. The molecule has 2 rings (SSSR count). The molecule has 0 saturated heterocycles. The minimum atomic E-state index is 1.22. The lowest BCUT2D eigenvalue weighted by Crippen LogP contribution is -2.23. The second kappa shape index (κ2) is 4.35. The Kier molecular flexibility index (Phi) is 2.91. The molecule has 82 valence electrons.